The average Bonchev–Trinajstić information content (AvgIpc) is 2.77. The third-order valence-corrected chi connectivity index (χ3v) is 5.05. The average molecular weight is 318 g/mol. The van der Waals surface area contributed by atoms with Gasteiger partial charge >= 0.3 is 0 Å². The Balaban J connectivity index is 1.87. The second-order valence-electron chi connectivity index (χ2n) is 4.62. The highest BCUT2D eigenvalue weighted by Crippen LogP contribution is 2.27. The molecular formula is C12H20BrN3S. The van der Waals surface area contributed by atoms with Crippen LogP contribution in [-0.2, 0) is 0 Å². The molecule has 0 spiro atoms. The van der Waals surface area contributed by atoms with Crippen molar-refractivity contribution in [3.63, 3.8) is 0 Å². The number of hydrogen-bond acceptors (Lipinski definition) is 4. The fourth-order valence-electron chi connectivity index (χ4n) is 2.23. The Bertz CT molecular complexity index is 349. The first-order valence-corrected chi connectivity index (χ1v) is 7.74. The highest BCUT2D eigenvalue weighted by Gasteiger charge is 2.18. The van der Waals surface area contributed by atoms with E-state index in [0.29, 0.717) is 6.04 Å². The van der Waals surface area contributed by atoms with Gasteiger partial charge in [-0.2, -0.15) is 0 Å². The van der Waals surface area contributed by atoms with E-state index >= 15 is 0 Å². The summed E-state index contributed by atoms with van der Waals surface area (Å²) in [5.74, 6) is 0. The maximum atomic E-state index is 3.51. The Labute approximate surface area is 116 Å². The minimum absolute atomic E-state index is 0.614. The number of anilines is 1. The van der Waals surface area contributed by atoms with Crippen LogP contribution in [0.15, 0.2) is 15.9 Å². The van der Waals surface area contributed by atoms with Gasteiger partial charge in [-0.15, -0.1) is 11.3 Å². The first-order valence-electron chi connectivity index (χ1n) is 6.07. The van der Waals surface area contributed by atoms with Crippen molar-refractivity contribution in [1.29, 1.82) is 0 Å². The highest BCUT2D eigenvalue weighted by atomic mass is 79.9. The molecule has 1 unspecified atom stereocenters. The van der Waals surface area contributed by atoms with Gasteiger partial charge < -0.3 is 10.2 Å². The molecule has 0 saturated carbocycles. The fourth-order valence-corrected chi connectivity index (χ4v) is 3.63. The molecule has 0 aliphatic carbocycles. The Hall–Kier alpha value is -0.100. The molecule has 1 aliphatic heterocycles. The van der Waals surface area contributed by atoms with E-state index in [9.17, 15) is 0 Å². The lowest BCUT2D eigenvalue weighted by Gasteiger charge is -2.35. The van der Waals surface area contributed by atoms with Gasteiger partial charge in [-0.3, -0.25) is 4.90 Å². The monoisotopic (exact) mass is 317 g/mol. The van der Waals surface area contributed by atoms with Gasteiger partial charge in [-0.1, -0.05) is 0 Å². The molecule has 1 aliphatic rings. The van der Waals surface area contributed by atoms with Crippen LogP contribution in [0.1, 0.15) is 6.92 Å². The molecule has 1 atom stereocenters. The summed E-state index contributed by atoms with van der Waals surface area (Å²) >= 11 is 5.30. The Kier molecular flexibility index (Phi) is 4.85. The summed E-state index contributed by atoms with van der Waals surface area (Å²) < 4.78 is 1.18. The Morgan fingerprint density at radius 3 is 2.82 bits per heavy atom. The van der Waals surface area contributed by atoms with Crippen molar-refractivity contribution in [3.05, 3.63) is 15.9 Å². The van der Waals surface area contributed by atoms with Crippen molar-refractivity contribution < 1.29 is 0 Å². The predicted octanol–water partition coefficient (Wildman–Crippen LogP) is 2.24. The molecule has 5 heteroatoms. The van der Waals surface area contributed by atoms with Crippen LogP contribution in [0.2, 0.25) is 0 Å². The minimum Gasteiger partial charge on any atom is -0.365 e. The van der Waals surface area contributed by atoms with Crippen LogP contribution in [0.25, 0.3) is 0 Å². The molecule has 1 aromatic heterocycles. The maximum absolute atomic E-state index is 3.51. The molecule has 1 fully saturated rings. The first-order chi connectivity index (χ1) is 8.16. The van der Waals surface area contributed by atoms with Gasteiger partial charge in [0, 0.05) is 55.7 Å². The van der Waals surface area contributed by atoms with Crippen LogP contribution in [0.5, 0.6) is 0 Å². The summed E-state index contributed by atoms with van der Waals surface area (Å²) in [7, 11) is 2.18. The fraction of sp³-hybridized carbons (Fsp3) is 0.667. The van der Waals surface area contributed by atoms with Crippen molar-refractivity contribution in [2.24, 2.45) is 0 Å². The number of rotatable bonds is 4. The van der Waals surface area contributed by atoms with Crippen molar-refractivity contribution in [2.75, 3.05) is 44.7 Å². The van der Waals surface area contributed by atoms with E-state index in [2.05, 4.69) is 56.5 Å². The molecule has 1 N–H and O–H groups in total. The van der Waals surface area contributed by atoms with E-state index in [1.165, 1.54) is 22.6 Å². The molecular weight excluding hydrogens is 298 g/mol. The summed E-state index contributed by atoms with van der Waals surface area (Å²) in [6.07, 6.45) is 0. The van der Waals surface area contributed by atoms with Crippen LogP contribution in [-0.4, -0.2) is 50.7 Å². The lowest BCUT2D eigenvalue weighted by molar-refractivity contribution is 0.187. The topological polar surface area (TPSA) is 18.5 Å². The van der Waals surface area contributed by atoms with Crippen molar-refractivity contribution in [2.45, 2.75) is 13.0 Å². The molecule has 0 bridgehead atoms. The van der Waals surface area contributed by atoms with Gasteiger partial charge in [0.1, 0.15) is 0 Å². The van der Waals surface area contributed by atoms with Gasteiger partial charge in [0.25, 0.3) is 0 Å². The van der Waals surface area contributed by atoms with Crippen LogP contribution in [0, 0.1) is 0 Å². The number of thiophene rings is 1. The number of likely N-dealkylation sites (N-methyl/N-ethyl adjacent to an activating group) is 1. The number of hydrogen-bond donors (Lipinski definition) is 1. The molecule has 3 nitrogen and oxygen atoms in total. The SMILES string of the molecule is CC(CN(C)c1cc(Br)cs1)N1CCNCC1. The highest BCUT2D eigenvalue weighted by molar-refractivity contribution is 9.10. The third-order valence-electron chi connectivity index (χ3n) is 3.24. The minimum atomic E-state index is 0.614. The molecule has 96 valence electrons. The largest absolute Gasteiger partial charge is 0.365 e. The summed E-state index contributed by atoms with van der Waals surface area (Å²) in [6, 6.07) is 2.80. The zero-order valence-electron chi connectivity index (χ0n) is 10.4. The van der Waals surface area contributed by atoms with Gasteiger partial charge in [-0.25, -0.2) is 0 Å². The van der Waals surface area contributed by atoms with Crippen LogP contribution >= 0.6 is 27.3 Å². The molecule has 2 rings (SSSR count). The normalized spacial score (nSPS) is 19.2. The summed E-state index contributed by atoms with van der Waals surface area (Å²) in [5, 5.41) is 6.87. The summed E-state index contributed by atoms with van der Waals surface area (Å²) in [5.41, 5.74) is 0. The van der Waals surface area contributed by atoms with E-state index in [1.807, 2.05) is 0 Å². The molecule has 0 radical (unpaired) electrons. The van der Waals surface area contributed by atoms with Crippen molar-refractivity contribution in [1.82, 2.24) is 10.2 Å². The lowest BCUT2D eigenvalue weighted by Crippen LogP contribution is -2.50. The van der Waals surface area contributed by atoms with E-state index in [-0.39, 0.29) is 0 Å². The number of piperazine rings is 1. The zero-order valence-corrected chi connectivity index (χ0v) is 12.9. The van der Waals surface area contributed by atoms with Crippen molar-refractivity contribution >= 4 is 32.3 Å². The van der Waals surface area contributed by atoms with Gasteiger partial charge in [0.15, 0.2) is 0 Å². The second-order valence-corrected chi connectivity index (χ2v) is 6.42. The molecule has 1 aromatic rings. The third kappa shape index (κ3) is 3.68. The van der Waals surface area contributed by atoms with E-state index in [4.69, 9.17) is 0 Å². The quantitative estimate of drug-likeness (QED) is 0.918. The second kappa shape index (κ2) is 6.18. The van der Waals surface area contributed by atoms with Crippen LogP contribution in [0.3, 0.4) is 0 Å². The zero-order chi connectivity index (χ0) is 12.3. The molecule has 1 saturated heterocycles. The number of halogens is 1. The molecule has 2 heterocycles. The van der Waals surface area contributed by atoms with Gasteiger partial charge in [-0.05, 0) is 28.9 Å². The van der Waals surface area contributed by atoms with E-state index in [0.717, 1.165) is 19.6 Å². The van der Waals surface area contributed by atoms with Gasteiger partial charge in [0.2, 0.25) is 0 Å². The van der Waals surface area contributed by atoms with Crippen molar-refractivity contribution in [3.8, 4) is 0 Å². The number of nitrogens with zero attached hydrogens (tertiary/aromatic N) is 2. The van der Waals surface area contributed by atoms with E-state index in [1.54, 1.807) is 11.3 Å². The smallest absolute Gasteiger partial charge is 0.0918 e. The maximum Gasteiger partial charge on any atom is 0.0918 e. The Morgan fingerprint density at radius 2 is 2.24 bits per heavy atom. The van der Waals surface area contributed by atoms with E-state index < -0.39 is 0 Å². The van der Waals surface area contributed by atoms with Gasteiger partial charge in [0.05, 0.1) is 5.00 Å². The summed E-state index contributed by atoms with van der Waals surface area (Å²) in [4.78, 5) is 4.91. The summed E-state index contributed by atoms with van der Waals surface area (Å²) in [6.45, 7) is 8.00. The molecule has 17 heavy (non-hydrogen) atoms. The van der Waals surface area contributed by atoms with Crippen LogP contribution in [0.4, 0.5) is 5.00 Å². The van der Waals surface area contributed by atoms with Crippen LogP contribution < -0.4 is 10.2 Å². The predicted molar refractivity (Wildman–Crippen MR) is 79.2 cm³/mol. The molecule has 0 aromatic carbocycles. The first kappa shape index (κ1) is 13.3. The standard InChI is InChI=1S/C12H20BrN3S/c1-10(16-5-3-14-4-6-16)8-15(2)12-7-11(13)9-17-12/h7,9-10,14H,3-6,8H2,1-2H3. The number of nitrogens with one attached hydrogen (secondary N) is 1. The molecule has 0 amide bonds. The Morgan fingerprint density at radius 1 is 1.53 bits per heavy atom. The lowest BCUT2D eigenvalue weighted by atomic mass is 10.2.